The maximum Gasteiger partial charge on any atom is 0.394 e. The van der Waals surface area contributed by atoms with E-state index in [2.05, 4.69) is 16.0 Å². The van der Waals surface area contributed by atoms with Gasteiger partial charge in [-0.05, 0) is 53.6 Å². The Hall–Kier alpha value is -3.54. The number of benzene rings is 2. The molecule has 224 valence electrons. The van der Waals surface area contributed by atoms with Crippen molar-refractivity contribution in [3.05, 3.63) is 77.0 Å². The average molecular weight is 604 g/mol. The van der Waals surface area contributed by atoms with Crippen LogP contribution in [0.5, 0.6) is 0 Å². The van der Waals surface area contributed by atoms with Crippen molar-refractivity contribution in [1.29, 1.82) is 0 Å². The summed E-state index contributed by atoms with van der Waals surface area (Å²) in [7, 11) is -5.49. The highest BCUT2D eigenvalue weighted by molar-refractivity contribution is 7.53. The Kier molecular flexibility index (Phi) is 10.2. The van der Waals surface area contributed by atoms with Crippen molar-refractivity contribution in [1.82, 2.24) is 9.97 Å². The molecule has 4 rings (SSSR count). The summed E-state index contributed by atoms with van der Waals surface area (Å²) in [5.74, 6) is -0.528. The minimum Gasteiger partial charge on any atom is -0.481 e. The van der Waals surface area contributed by atoms with Crippen molar-refractivity contribution in [3.8, 4) is 0 Å². The number of alkyl halides is 2. The lowest BCUT2D eigenvalue weighted by atomic mass is 10.0. The first-order valence-corrected chi connectivity index (χ1v) is 14.9. The van der Waals surface area contributed by atoms with E-state index in [1.165, 1.54) is 0 Å². The monoisotopic (exact) mass is 603 g/mol. The molecule has 0 saturated heterocycles. The van der Waals surface area contributed by atoms with Crippen molar-refractivity contribution < 1.29 is 42.5 Å². The summed E-state index contributed by atoms with van der Waals surface area (Å²) in [4.78, 5) is 37.2. The van der Waals surface area contributed by atoms with Crippen LogP contribution in [0.15, 0.2) is 54.7 Å². The number of carboxylic acids is 1. The van der Waals surface area contributed by atoms with Gasteiger partial charge >= 0.3 is 19.2 Å². The lowest BCUT2D eigenvalue weighted by Gasteiger charge is -2.17. The molecule has 42 heavy (non-hydrogen) atoms. The largest absolute Gasteiger partial charge is 0.481 e. The van der Waals surface area contributed by atoms with Crippen LogP contribution in [0.3, 0.4) is 0 Å². The van der Waals surface area contributed by atoms with Crippen molar-refractivity contribution >= 4 is 41.2 Å². The molecular weight excluding hydrogens is 571 g/mol. The normalized spacial score (nSPS) is 12.3. The zero-order valence-electron chi connectivity index (χ0n) is 22.7. The quantitative estimate of drug-likeness (QED) is 0.0838. The van der Waals surface area contributed by atoms with E-state index in [0.717, 1.165) is 45.9 Å². The number of rotatable bonds is 15. The van der Waals surface area contributed by atoms with E-state index in [9.17, 15) is 18.1 Å². The van der Waals surface area contributed by atoms with E-state index in [1.807, 2.05) is 42.5 Å². The van der Waals surface area contributed by atoms with Crippen LogP contribution in [0, 0.1) is 0 Å². The molecule has 0 aliphatic rings. The molecule has 2 aromatic heterocycles. The smallest absolute Gasteiger partial charge is 0.394 e. The summed E-state index contributed by atoms with van der Waals surface area (Å²) in [6.07, 6.45) is 2.71. The first kappa shape index (κ1) is 31.4. The van der Waals surface area contributed by atoms with Gasteiger partial charge in [-0.25, -0.2) is 4.98 Å². The number of pyridine rings is 2. The maximum absolute atomic E-state index is 13.2. The molecule has 13 heteroatoms. The molecule has 0 aliphatic carbocycles. The lowest BCUT2D eigenvalue weighted by molar-refractivity contribution is -0.136. The number of aryl methyl sites for hydroxylation is 3. The number of aliphatic carboxylic acids is 1. The van der Waals surface area contributed by atoms with Crippen molar-refractivity contribution in [2.75, 3.05) is 25.6 Å². The summed E-state index contributed by atoms with van der Waals surface area (Å²) in [6, 6.07) is 15.7. The Balaban J connectivity index is 1.28. The van der Waals surface area contributed by atoms with Crippen LogP contribution in [-0.4, -0.2) is 56.3 Å². The minimum absolute atomic E-state index is 0.0258. The second kappa shape index (κ2) is 13.6. The van der Waals surface area contributed by atoms with E-state index in [0.29, 0.717) is 29.9 Å². The summed E-state index contributed by atoms with van der Waals surface area (Å²) in [5, 5.41) is 10.8. The summed E-state index contributed by atoms with van der Waals surface area (Å²) in [5.41, 5.74) is 7.37. The second-order valence-corrected chi connectivity index (χ2v) is 11.7. The Morgan fingerprint density at radius 2 is 1.55 bits per heavy atom. The molecule has 0 spiro atoms. The SMILES string of the molecule is Nc1nc2cc(CCC(=O)O)ccc2c2cc(CCc3ccc(COCCOCCC(F)(F)P(=O)(O)O)cc3)cnc12. The van der Waals surface area contributed by atoms with Gasteiger partial charge < -0.3 is 30.1 Å². The molecule has 0 radical (unpaired) electrons. The van der Waals surface area contributed by atoms with Gasteiger partial charge in [0.15, 0.2) is 5.82 Å². The number of carboxylic acid groups (broad SMARTS) is 1. The molecule has 0 amide bonds. The van der Waals surface area contributed by atoms with Crippen LogP contribution < -0.4 is 5.73 Å². The van der Waals surface area contributed by atoms with Gasteiger partial charge in [-0.1, -0.05) is 36.4 Å². The minimum atomic E-state index is -5.49. The topological polar surface area (TPSA) is 165 Å². The molecule has 2 heterocycles. The van der Waals surface area contributed by atoms with Crippen molar-refractivity contribution in [2.45, 2.75) is 44.4 Å². The standard InChI is InChI=1S/C29H32F2N3O7P/c30-29(31,42(37,38)39)11-12-40-13-14-41-18-21-4-1-19(2-5-21)3-6-22-15-24-23-9-7-20(8-10-26(35)36)16-25(23)34-28(32)27(24)33-17-22/h1-2,4-5,7,9,15-17H,3,6,8,10-14,18H2,(H2,32,34)(H,35,36)(H2,37,38,39). The Morgan fingerprint density at radius 1 is 0.881 bits per heavy atom. The predicted octanol–water partition coefficient (Wildman–Crippen LogP) is 4.86. The molecule has 0 atom stereocenters. The molecule has 4 aromatic rings. The number of carbonyl (C=O) groups is 1. The van der Waals surface area contributed by atoms with Gasteiger partial charge in [0.05, 0.1) is 31.9 Å². The van der Waals surface area contributed by atoms with Gasteiger partial charge in [-0.2, -0.15) is 8.78 Å². The van der Waals surface area contributed by atoms with Crippen LogP contribution in [0.4, 0.5) is 14.6 Å². The number of ether oxygens (including phenoxy) is 2. The van der Waals surface area contributed by atoms with Crippen LogP contribution in [-0.2, 0) is 44.7 Å². The summed E-state index contributed by atoms with van der Waals surface area (Å²) < 4.78 is 47.6. The molecular formula is C29H32F2N3O7P. The number of nitrogens with two attached hydrogens (primary N) is 1. The maximum atomic E-state index is 13.2. The van der Waals surface area contributed by atoms with Gasteiger partial charge in [0.25, 0.3) is 0 Å². The molecule has 2 aromatic carbocycles. The third-order valence-corrected chi connectivity index (χ3v) is 7.82. The Labute approximate surface area is 240 Å². The Morgan fingerprint density at radius 3 is 2.26 bits per heavy atom. The lowest BCUT2D eigenvalue weighted by Crippen LogP contribution is -2.19. The van der Waals surface area contributed by atoms with Gasteiger partial charge in [-0.3, -0.25) is 14.3 Å². The van der Waals surface area contributed by atoms with Gasteiger partial charge in [0.1, 0.15) is 5.52 Å². The fourth-order valence-corrected chi connectivity index (χ4v) is 4.77. The van der Waals surface area contributed by atoms with Crippen LogP contribution >= 0.6 is 7.60 Å². The number of fused-ring (bicyclic) bond motifs is 3. The number of hydrogen-bond donors (Lipinski definition) is 4. The molecule has 10 nitrogen and oxygen atoms in total. The number of halogens is 2. The number of nitrogen functional groups attached to an aromatic ring is 1. The molecule has 0 saturated carbocycles. The molecule has 5 N–H and O–H groups in total. The van der Waals surface area contributed by atoms with Crippen LogP contribution in [0.2, 0.25) is 0 Å². The molecule has 0 fully saturated rings. The second-order valence-electron chi connectivity index (χ2n) is 9.92. The number of anilines is 1. The third kappa shape index (κ3) is 8.27. The van der Waals surface area contributed by atoms with Gasteiger partial charge in [-0.15, -0.1) is 0 Å². The van der Waals surface area contributed by atoms with Crippen molar-refractivity contribution in [2.24, 2.45) is 0 Å². The van der Waals surface area contributed by atoms with E-state index in [-0.39, 0.29) is 19.6 Å². The number of hydrogen-bond acceptors (Lipinski definition) is 7. The summed E-state index contributed by atoms with van der Waals surface area (Å²) in [6.45, 7) is -0.00902. The number of aromatic nitrogens is 2. The van der Waals surface area contributed by atoms with Gasteiger partial charge in [0, 0.05) is 29.8 Å². The van der Waals surface area contributed by atoms with E-state index in [4.69, 9.17) is 30.1 Å². The predicted molar refractivity (Wildman–Crippen MR) is 153 cm³/mol. The number of nitrogens with zero attached hydrogens (tertiary/aromatic N) is 2. The fraction of sp³-hybridized carbons (Fsp3) is 0.345. The highest BCUT2D eigenvalue weighted by Gasteiger charge is 2.48. The molecule has 0 unspecified atom stereocenters. The summed E-state index contributed by atoms with van der Waals surface area (Å²) >= 11 is 0. The first-order valence-electron chi connectivity index (χ1n) is 13.3. The highest BCUT2D eigenvalue weighted by Crippen LogP contribution is 2.54. The van der Waals surface area contributed by atoms with E-state index >= 15 is 0 Å². The third-order valence-electron chi connectivity index (χ3n) is 6.75. The van der Waals surface area contributed by atoms with Crippen LogP contribution in [0.1, 0.15) is 35.1 Å². The van der Waals surface area contributed by atoms with E-state index in [1.54, 1.807) is 6.20 Å². The Bertz CT molecular complexity index is 1600. The average Bonchev–Trinajstić information content (AvgIpc) is 2.94. The first-order chi connectivity index (χ1) is 19.9. The van der Waals surface area contributed by atoms with Gasteiger partial charge in [0.2, 0.25) is 0 Å². The van der Waals surface area contributed by atoms with E-state index < -0.39 is 32.3 Å². The fourth-order valence-electron chi connectivity index (χ4n) is 4.38. The molecule has 0 aliphatic heterocycles. The zero-order chi connectivity index (χ0) is 30.3. The van der Waals surface area contributed by atoms with Crippen molar-refractivity contribution in [3.63, 3.8) is 0 Å². The molecule has 0 bridgehead atoms. The van der Waals surface area contributed by atoms with Crippen LogP contribution in [0.25, 0.3) is 21.8 Å². The highest BCUT2D eigenvalue weighted by atomic mass is 31.2. The zero-order valence-corrected chi connectivity index (χ0v) is 23.6.